The Hall–Kier alpha value is -2.45. The molecule has 0 radical (unpaired) electrons. The Morgan fingerprint density at radius 2 is 2.00 bits per heavy atom. The number of amides is 1. The number of halogens is 1. The molecule has 1 fully saturated rings. The van der Waals surface area contributed by atoms with E-state index in [1.54, 1.807) is 11.3 Å². The molecule has 6 rings (SSSR count). The number of thiazole rings is 1. The summed E-state index contributed by atoms with van der Waals surface area (Å²) in [7, 11) is 0. The minimum atomic E-state index is -0.184. The van der Waals surface area contributed by atoms with Crippen LogP contribution in [0.5, 0.6) is 5.75 Å². The van der Waals surface area contributed by atoms with Gasteiger partial charge in [0.25, 0.3) is 5.91 Å². The van der Waals surface area contributed by atoms with Crippen molar-refractivity contribution in [3.63, 3.8) is 0 Å². The number of ether oxygens (including phenoxy) is 1. The van der Waals surface area contributed by atoms with Gasteiger partial charge in [0.2, 0.25) is 0 Å². The average Bonchev–Trinajstić information content (AvgIpc) is 3.53. The summed E-state index contributed by atoms with van der Waals surface area (Å²) in [5.41, 5.74) is 4.27. The fraction of sp³-hybridized carbons (Fsp3) is 0.520. The second-order valence-corrected chi connectivity index (χ2v) is 11.1. The van der Waals surface area contributed by atoms with E-state index in [0.29, 0.717) is 23.4 Å². The Morgan fingerprint density at radius 3 is 2.74 bits per heavy atom. The van der Waals surface area contributed by atoms with Gasteiger partial charge in [-0.1, -0.05) is 11.6 Å². The fourth-order valence-corrected chi connectivity index (χ4v) is 6.52. The molecule has 1 amide bonds. The highest BCUT2D eigenvalue weighted by Gasteiger charge is 2.39. The second-order valence-electron chi connectivity index (χ2n) is 9.48. The SMILES string of the molecule is Cc1nc(C)c(C2c3c(nc4n3CCCC4)CCN2C(=O)COc2ccc(C3CC3)nc2Cl)s1. The molecule has 34 heavy (non-hydrogen) atoms. The van der Waals surface area contributed by atoms with Crippen LogP contribution < -0.4 is 4.74 Å². The van der Waals surface area contributed by atoms with Crippen molar-refractivity contribution >= 4 is 28.8 Å². The smallest absolute Gasteiger partial charge is 0.261 e. The third-order valence-corrected chi connectivity index (χ3v) is 8.44. The molecule has 3 aliphatic rings. The standard InChI is InChI=1S/C25H28ClN5O2S/c1-14-24(34-15(2)27-14)23-22-18(28-20-5-3-4-11-30(20)22)10-12-31(23)21(32)13-33-19-9-8-17(16-6-7-16)29-25(19)26/h8-9,16,23H,3-7,10-13H2,1-2H3. The van der Waals surface area contributed by atoms with E-state index in [0.717, 1.165) is 77.1 Å². The van der Waals surface area contributed by atoms with Gasteiger partial charge in [0.05, 0.1) is 27.0 Å². The van der Waals surface area contributed by atoms with Crippen LogP contribution in [0.15, 0.2) is 12.1 Å². The highest BCUT2D eigenvalue weighted by molar-refractivity contribution is 7.11. The molecule has 1 saturated carbocycles. The van der Waals surface area contributed by atoms with Crippen LogP contribution in [-0.2, 0) is 24.2 Å². The molecule has 2 aliphatic heterocycles. The van der Waals surface area contributed by atoms with Crippen molar-refractivity contribution in [3.8, 4) is 5.75 Å². The Labute approximate surface area is 208 Å². The summed E-state index contributed by atoms with van der Waals surface area (Å²) in [6.45, 7) is 5.55. The second kappa shape index (κ2) is 8.64. The molecule has 0 saturated heterocycles. The third kappa shape index (κ3) is 3.90. The normalized spacial score (nSPS) is 19.6. The topological polar surface area (TPSA) is 73.1 Å². The summed E-state index contributed by atoms with van der Waals surface area (Å²) in [5, 5.41) is 1.34. The maximum Gasteiger partial charge on any atom is 0.261 e. The molecular formula is C25H28ClN5O2S. The summed E-state index contributed by atoms with van der Waals surface area (Å²) < 4.78 is 8.25. The maximum absolute atomic E-state index is 13.6. The first-order chi connectivity index (χ1) is 16.5. The van der Waals surface area contributed by atoms with Crippen molar-refractivity contribution in [1.82, 2.24) is 24.4 Å². The summed E-state index contributed by atoms with van der Waals surface area (Å²) in [6.07, 6.45) is 6.39. The monoisotopic (exact) mass is 497 g/mol. The summed E-state index contributed by atoms with van der Waals surface area (Å²) >= 11 is 8.04. The van der Waals surface area contributed by atoms with Crippen LogP contribution in [0.3, 0.4) is 0 Å². The molecule has 5 heterocycles. The average molecular weight is 498 g/mol. The first kappa shape index (κ1) is 22.0. The van der Waals surface area contributed by atoms with Gasteiger partial charge in [-0.15, -0.1) is 11.3 Å². The first-order valence-electron chi connectivity index (χ1n) is 12.1. The van der Waals surface area contributed by atoms with E-state index < -0.39 is 0 Å². The number of pyridine rings is 1. The molecule has 3 aromatic rings. The first-order valence-corrected chi connectivity index (χ1v) is 13.3. The van der Waals surface area contributed by atoms with Gasteiger partial charge in [0.1, 0.15) is 11.9 Å². The van der Waals surface area contributed by atoms with E-state index in [1.807, 2.05) is 30.9 Å². The van der Waals surface area contributed by atoms with Gasteiger partial charge in [-0.25, -0.2) is 15.0 Å². The van der Waals surface area contributed by atoms with E-state index in [2.05, 4.69) is 14.5 Å². The van der Waals surface area contributed by atoms with Crippen LogP contribution in [0.25, 0.3) is 0 Å². The summed E-state index contributed by atoms with van der Waals surface area (Å²) in [4.78, 5) is 30.8. The molecule has 0 spiro atoms. The van der Waals surface area contributed by atoms with Crippen LogP contribution >= 0.6 is 22.9 Å². The van der Waals surface area contributed by atoms with Gasteiger partial charge < -0.3 is 14.2 Å². The maximum atomic E-state index is 13.6. The molecule has 1 aliphatic carbocycles. The van der Waals surface area contributed by atoms with Crippen molar-refractivity contribution < 1.29 is 9.53 Å². The minimum absolute atomic E-state index is 0.0604. The number of carbonyl (C=O) groups excluding carboxylic acids is 1. The Balaban J connectivity index is 1.30. The van der Waals surface area contributed by atoms with Crippen LogP contribution in [0.1, 0.15) is 76.1 Å². The largest absolute Gasteiger partial charge is 0.481 e. The van der Waals surface area contributed by atoms with Crippen molar-refractivity contribution in [2.45, 2.75) is 70.9 Å². The van der Waals surface area contributed by atoms with Crippen LogP contribution in [0.4, 0.5) is 0 Å². The lowest BCUT2D eigenvalue weighted by Gasteiger charge is -2.36. The number of nitrogens with zero attached hydrogens (tertiary/aromatic N) is 5. The fourth-order valence-electron chi connectivity index (χ4n) is 5.26. The molecule has 1 unspecified atom stereocenters. The molecular weight excluding hydrogens is 470 g/mol. The molecule has 7 nitrogen and oxygen atoms in total. The van der Waals surface area contributed by atoms with Crippen molar-refractivity contribution in [2.24, 2.45) is 0 Å². The number of aryl methyl sites for hydroxylation is 3. The molecule has 0 aromatic carbocycles. The van der Waals surface area contributed by atoms with E-state index >= 15 is 0 Å². The molecule has 178 valence electrons. The molecule has 0 bridgehead atoms. The van der Waals surface area contributed by atoms with E-state index in [9.17, 15) is 4.79 Å². The van der Waals surface area contributed by atoms with Crippen LogP contribution in [0.2, 0.25) is 5.15 Å². The highest BCUT2D eigenvalue weighted by atomic mass is 35.5. The van der Waals surface area contributed by atoms with Gasteiger partial charge in [-0.3, -0.25) is 4.79 Å². The predicted octanol–water partition coefficient (Wildman–Crippen LogP) is 4.77. The Kier molecular flexibility index (Phi) is 5.60. The zero-order valence-corrected chi connectivity index (χ0v) is 21.1. The molecule has 1 atom stereocenters. The number of hydrogen-bond acceptors (Lipinski definition) is 6. The van der Waals surface area contributed by atoms with Crippen LogP contribution in [-0.4, -0.2) is 43.5 Å². The van der Waals surface area contributed by atoms with Gasteiger partial charge in [0, 0.05) is 37.5 Å². The van der Waals surface area contributed by atoms with Crippen molar-refractivity contribution in [3.05, 3.63) is 55.8 Å². The quantitative estimate of drug-likeness (QED) is 0.475. The van der Waals surface area contributed by atoms with Gasteiger partial charge in [0.15, 0.2) is 17.5 Å². The summed E-state index contributed by atoms with van der Waals surface area (Å²) in [6, 6.07) is 3.62. The lowest BCUT2D eigenvalue weighted by molar-refractivity contribution is -0.135. The number of aromatic nitrogens is 4. The van der Waals surface area contributed by atoms with E-state index in [-0.39, 0.29) is 18.6 Å². The Bertz CT molecular complexity index is 1260. The Morgan fingerprint density at radius 1 is 1.15 bits per heavy atom. The number of hydrogen-bond donors (Lipinski definition) is 0. The predicted molar refractivity (Wildman–Crippen MR) is 131 cm³/mol. The molecule has 9 heteroatoms. The number of rotatable bonds is 5. The van der Waals surface area contributed by atoms with E-state index in [4.69, 9.17) is 21.3 Å². The molecule has 0 N–H and O–H groups in total. The van der Waals surface area contributed by atoms with Gasteiger partial charge >= 0.3 is 0 Å². The van der Waals surface area contributed by atoms with Crippen molar-refractivity contribution in [2.75, 3.05) is 13.2 Å². The highest BCUT2D eigenvalue weighted by Crippen LogP contribution is 2.42. The molecule has 3 aromatic heterocycles. The minimum Gasteiger partial charge on any atom is -0.481 e. The summed E-state index contributed by atoms with van der Waals surface area (Å²) in [5.74, 6) is 2.07. The zero-order chi connectivity index (χ0) is 23.4. The van der Waals surface area contributed by atoms with Gasteiger partial charge in [-0.05, 0) is 51.7 Å². The number of carbonyl (C=O) groups is 1. The van der Waals surface area contributed by atoms with Crippen LogP contribution in [0, 0.1) is 13.8 Å². The lowest BCUT2D eigenvalue weighted by Crippen LogP contribution is -2.43. The number of imidazole rings is 1. The van der Waals surface area contributed by atoms with E-state index in [1.165, 1.54) is 6.42 Å². The number of fused-ring (bicyclic) bond motifs is 3. The van der Waals surface area contributed by atoms with Crippen molar-refractivity contribution in [1.29, 1.82) is 0 Å². The lowest BCUT2D eigenvalue weighted by atomic mass is 9.99. The zero-order valence-electron chi connectivity index (χ0n) is 19.5. The van der Waals surface area contributed by atoms with Gasteiger partial charge in [-0.2, -0.15) is 0 Å². The third-order valence-electron chi connectivity index (χ3n) is 7.05.